The number of fused-ring (bicyclic) bond motifs is 2. The van der Waals surface area contributed by atoms with Crippen molar-refractivity contribution < 1.29 is 4.79 Å². The number of amides is 1. The predicted molar refractivity (Wildman–Crippen MR) is 55.7 cm³/mol. The molecule has 0 bridgehead atoms. The van der Waals surface area contributed by atoms with Crippen LogP contribution in [0.4, 0.5) is 5.69 Å². The van der Waals surface area contributed by atoms with Gasteiger partial charge in [0.05, 0.1) is 12.2 Å². The molecule has 0 saturated carbocycles. The zero-order chi connectivity index (χ0) is 10.6. The van der Waals surface area contributed by atoms with Crippen LogP contribution in [0.5, 0.6) is 0 Å². The van der Waals surface area contributed by atoms with Crippen molar-refractivity contribution >= 4 is 17.6 Å². The first-order valence-electron chi connectivity index (χ1n) is 4.92. The second-order valence-electron chi connectivity index (χ2n) is 4.40. The lowest BCUT2D eigenvalue weighted by atomic mass is 10.0. The van der Waals surface area contributed by atoms with E-state index in [9.17, 15) is 4.79 Å². The van der Waals surface area contributed by atoms with Gasteiger partial charge in [-0.2, -0.15) is 0 Å². The zero-order valence-corrected chi connectivity index (χ0v) is 8.66. The molecule has 1 aromatic heterocycles. The van der Waals surface area contributed by atoms with Crippen LogP contribution in [-0.4, -0.2) is 27.3 Å². The molecule has 2 N–H and O–H groups in total. The van der Waals surface area contributed by atoms with Gasteiger partial charge >= 0.3 is 0 Å². The molecule has 3 rings (SSSR count). The van der Waals surface area contributed by atoms with Crippen molar-refractivity contribution in [2.24, 2.45) is 4.99 Å². The number of hydrogen-bond acceptors (Lipinski definition) is 3. The zero-order valence-electron chi connectivity index (χ0n) is 8.66. The average Bonchev–Trinajstić information content (AvgIpc) is 2.69. The minimum absolute atomic E-state index is 0.00961. The first-order chi connectivity index (χ1) is 7.09. The van der Waals surface area contributed by atoms with Gasteiger partial charge in [0.1, 0.15) is 5.54 Å². The number of carbonyl (C=O) groups is 1. The highest BCUT2D eigenvalue weighted by molar-refractivity contribution is 6.09. The molecule has 3 heterocycles. The molecule has 2 aliphatic rings. The van der Waals surface area contributed by atoms with Crippen LogP contribution in [-0.2, 0) is 11.3 Å². The van der Waals surface area contributed by atoms with Crippen molar-refractivity contribution in [1.82, 2.24) is 15.2 Å². The summed E-state index contributed by atoms with van der Waals surface area (Å²) >= 11 is 0. The second kappa shape index (κ2) is 2.42. The largest absolute Gasteiger partial charge is 0.365 e. The average molecular weight is 204 g/mol. The molecule has 5 heteroatoms. The van der Waals surface area contributed by atoms with Crippen molar-refractivity contribution in [3.63, 3.8) is 0 Å². The van der Waals surface area contributed by atoms with E-state index < -0.39 is 5.54 Å². The Morgan fingerprint density at radius 3 is 3.07 bits per heavy atom. The molecule has 0 aromatic carbocycles. The summed E-state index contributed by atoms with van der Waals surface area (Å²) in [5.41, 5.74) is 1.54. The molecule has 0 atom stereocenters. The second-order valence-corrected chi connectivity index (χ2v) is 4.40. The summed E-state index contributed by atoms with van der Waals surface area (Å²) in [6, 6.07) is 0. The van der Waals surface area contributed by atoms with Crippen molar-refractivity contribution in [1.29, 1.82) is 0 Å². The maximum Gasteiger partial charge on any atom is 0.252 e. The van der Waals surface area contributed by atoms with Gasteiger partial charge in [0.25, 0.3) is 5.91 Å². The number of rotatable bonds is 0. The van der Waals surface area contributed by atoms with E-state index in [0.29, 0.717) is 5.96 Å². The number of carbonyl (C=O) groups excluding carboxylic acids is 1. The first-order valence-corrected chi connectivity index (χ1v) is 4.92. The molecule has 1 aromatic rings. The summed E-state index contributed by atoms with van der Waals surface area (Å²) in [6.07, 6.45) is 3.77. The smallest absolute Gasteiger partial charge is 0.252 e. The normalized spacial score (nSPS) is 21.9. The molecule has 15 heavy (non-hydrogen) atoms. The molecular formula is C10H12N4O. The lowest BCUT2D eigenvalue weighted by Crippen LogP contribution is -2.44. The van der Waals surface area contributed by atoms with Crippen molar-refractivity contribution in [2.75, 3.05) is 0 Å². The number of aromatic nitrogens is 1. The third-order valence-electron chi connectivity index (χ3n) is 3.07. The SMILES string of the molecule is CC1(C)C(=O)NC2=Nc3c[nH]cc3CN21. The maximum absolute atomic E-state index is 11.7. The lowest BCUT2D eigenvalue weighted by Gasteiger charge is -2.31. The quantitative estimate of drug-likeness (QED) is 0.654. The number of aromatic amines is 1. The summed E-state index contributed by atoms with van der Waals surface area (Å²) in [5, 5.41) is 2.80. The van der Waals surface area contributed by atoms with Gasteiger partial charge < -0.3 is 9.88 Å². The van der Waals surface area contributed by atoms with Crippen LogP contribution in [0.2, 0.25) is 0 Å². The minimum atomic E-state index is -0.506. The van der Waals surface area contributed by atoms with Crippen LogP contribution in [0.25, 0.3) is 0 Å². The molecule has 78 valence electrons. The topological polar surface area (TPSA) is 60.5 Å². The predicted octanol–water partition coefficient (Wildman–Crippen LogP) is 0.726. The number of guanidine groups is 1. The molecule has 0 aliphatic carbocycles. The third-order valence-corrected chi connectivity index (χ3v) is 3.07. The fourth-order valence-electron chi connectivity index (χ4n) is 1.97. The number of hydrogen-bond donors (Lipinski definition) is 2. The molecular weight excluding hydrogens is 192 g/mol. The van der Waals surface area contributed by atoms with Gasteiger partial charge in [-0.15, -0.1) is 0 Å². The van der Waals surface area contributed by atoms with Crippen molar-refractivity contribution in [3.8, 4) is 0 Å². The first kappa shape index (κ1) is 8.52. The van der Waals surface area contributed by atoms with Crippen LogP contribution in [0.1, 0.15) is 19.4 Å². The Labute approximate surface area is 87.2 Å². The van der Waals surface area contributed by atoms with E-state index >= 15 is 0 Å². The molecule has 0 radical (unpaired) electrons. The van der Waals surface area contributed by atoms with Gasteiger partial charge in [0, 0.05) is 18.0 Å². The lowest BCUT2D eigenvalue weighted by molar-refractivity contribution is -0.125. The Kier molecular flexibility index (Phi) is 1.37. The van der Waals surface area contributed by atoms with E-state index in [1.54, 1.807) is 0 Å². The fraction of sp³-hybridized carbons (Fsp3) is 0.400. The van der Waals surface area contributed by atoms with Crippen LogP contribution >= 0.6 is 0 Å². The van der Waals surface area contributed by atoms with E-state index in [1.165, 1.54) is 0 Å². The highest BCUT2D eigenvalue weighted by Gasteiger charge is 2.45. The monoisotopic (exact) mass is 204 g/mol. The molecule has 1 saturated heterocycles. The third kappa shape index (κ3) is 0.973. The summed E-state index contributed by atoms with van der Waals surface area (Å²) in [7, 11) is 0. The summed E-state index contributed by atoms with van der Waals surface area (Å²) in [5.74, 6) is 0.674. The minimum Gasteiger partial charge on any atom is -0.365 e. The number of aliphatic imine (C=N–C) groups is 1. The van der Waals surface area contributed by atoms with E-state index in [2.05, 4.69) is 15.3 Å². The molecule has 2 aliphatic heterocycles. The van der Waals surface area contributed by atoms with Crippen LogP contribution in [0, 0.1) is 0 Å². The van der Waals surface area contributed by atoms with Gasteiger partial charge in [0.2, 0.25) is 5.96 Å². The summed E-state index contributed by atoms with van der Waals surface area (Å²) in [6.45, 7) is 4.54. The van der Waals surface area contributed by atoms with Gasteiger partial charge in [-0.05, 0) is 13.8 Å². The fourth-order valence-corrected chi connectivity index (χ4v) is 1.97. The van der Waals surface area contributed by atoms with Crippen LogP contribution < -0.4 is 5.32 Å². The number of nitrogens with zero attached hydrogens (tertiary/aromatic N) is 2. The maximum atomic E-state index is 11.7. The molecule has 1 fully saturated rings. The van der Waals surface area contributed by atoms with Crippen molar-refractivity contribution in [3.05, 3.63) is 18.0 Å². The number of H-pyrrole nitrogens is 1. The summed E-state index contributed by atoms with van der Waals surface area (Å²) < 4.78 is 0. The molecule has 5 nitrogen and oxygen atoms in total. The highest BCUT2D eigenvalue weighted by Crippen LogP contribution is 2.32. The Hall–Kier alpha value is -1.78. The highest BCUT2D eigenvalue weighted by atomic mass is 16.2. The Balaban J connectivity index is 2.10. The standard InChI is InChI=1S/C10H12N4O/c1-10(2)8(15)13-9-12-7-4-11-3-6(7)5-14(9)10/h3-4,11H,5H2,1-2H3,(H,12,13,15). The van der Waals surface area contributed by atoms with Gasteiger partial charge in [-0.1, -0.05) is 0 Å². The number of nitrogens with one attached hydrogen (secondary N) is 2. The van der Waals surface area contributed by atoms with E-state index in [0.717, 1.165) is 17.8 Å². The van der Waals surface area contributed by atoms with Gasteiger partial charge in [-0.3, -0.25) is 10.1 Å². The van der Waals surface area contributed by atoms with Crippen molar-refractivity contribution in [2.45, 2.75) is 25.9 Å². The molecule has 0 spiro atoms. The Morgan fingerprint density at radius 2 is 2.27 bits per heavy atom. The molecule has 0 unspecified atom stereocenters. The van der Waals surface area contributed by atoms with Crippen LogP contribution in [0.3, 0.4) is 0 Å². The molecule has 1 amide bonds. The van der Waals surface area contributed by atoms with E-state index in [4.69, 9.17) is 0 Å². The van der Waals surface area contributed by atoms with E-state index in [-0.39, 0.29) is 5.91 Å². The Morgan fingerprint density at radius 1 is 1.47 bits per heavy atom. The van der Waals surface area contributed by atoms with Crippen LogP contribution in [0.15, 0.2) is 17.4 Å². The van der Waals surface area contributed by atoms with E-state index in [1.807, 2.05) is 31.1 Å². The van der Waals surface area contributed by atoms with Gasteiger partial charge in [0.15, 0.2) is 0 Å². The summed E-state index contributed by atoms with van der Waals surface area (Å²) in [4.78, 5) is 21.1. The van der Waals surface area contributed by atoms with Gasteiger partial charge in [-0.25, -0.2) is 4.99 Å². The Bertz CT molecular complexity index is 472.